The number of hydrogen-bond acceptors (Lipinski definition) is 11. The molecule has 2 bridgehead atoms. The summed E-state index contributed by atoms with van der Waals surface area (Å²) < 4.78 is 62.6. The van der Waals surface area contributed by atoms with Gasteiger partial charge in [0.1, 0.15) is 0 Å². The van der Waals surface area contributed by atoms with Crippen molar-refractivity contribution >= 4 is 62.6 Å². The Balaban J connectivity index is 1.27. The summed E-state index contributed by atoms with van der Waals surface area (Å²) in [6.07, 6.45) is 35.4. The van der Waals surface area contributed by atoms with E-state index in [9.17, 15) is 14.4 Å². The van der Waals surface area contributed by atoms with E-state index in [0.29, 0.717) is 0 Å². The monoisotopic (exact) mass is 958 g/mol. The highest BCUT2D eigenvalue weighted by molar-refractivity contribution is 6.93. The third-order valence-electron chi connectivity index (χ3n) is 16.9. The molecule has 3 aliphatic heterocycles. The molecule has 3 saturated heterocycles. The van der Waals surface area contributed by atoms with Crippen LogP contribution >= 0.6 is 0 Å². The van der Waals surface area contributed by atoms with Crippen LogP contribution in [0, 0.1) is 0 Å². The molecule has 0 radical (unpaired) electrons. The van der Waals surface area contributed by atoms with Gasteiger partial charge in [0.05, 0.1) is 0 Å². The van der Waals surface area contributed by atoms with Gasteiger partial charge < -0.3 is 47.3 Å². The van der Waals surface area contributed by atoms with Crippen LogP contribution in [0.15, 0.2) is 0 Å². The van der Waals surface area contributed by atoms with E-state index >= 15 is 0 Å². The van der Waals surface area contributed by atoms with Gasteiger partial charge in [-0.05, 0) is 101 Å². The van der Waals surface area contributed by atoms with Gasteiger partial charge in [0.2, 0.25) is 0 Å². The van der Waals surface area contributed by atoms with E-state index in [1.807, 2.05) is 0 Å². The molecule has 4 unspecified atom stereocenters. The summed E-state index contributed by atoms with van der Waals surface area (Å²) >= 11 is 0. The lowest BCUT2D eigenvalue weighted by molar-refractivity contribution is 0.0424. The van der Waals surface area contributed by atoms with Crippen LogP contribution in [0.2, 0.25) is 38.8 Å². The van der Waals surface area contributed by atoms with Crippen LogP contribution < -0.4 is 0 Å². The van der Waals surface area contributed by atoms with Crippen LogP contribution in [-0.4, -0.2) is 77.0 Å². The van der Waals surface area contributed by atoms with E-state index in [1.54, 1.807) is 0 Å². The van der Waals surface area contributed by atoms with Gasteiger partial charge in [-0.1, -0.05) is 135 Å². The maximum atomic E-state index is 13.9. The van der Waals surface area contributed by atoms with Gasteiger partial charge in [-0.15, -0.1) is 0 Å². The second-order valence-corrected chi connectivity index (χ2v) is 41.9. The molecule has 0 amide bonds. The third kappa shape index (κ3) is 10.3. The fourth-order valence-electron chi connectivity index (χ4n) is 13.3. The van der Waals surface area contributed by atoms with Gasteiger partial charge in [-0.3, -0.25) is 0 Å². The van der Waals surface area contributed by atoms with Crippen molar-refractivity contribution in [2.45, 2.75) is 264 Å². The molecule has 10 fully saturated rings. The Labute approximate surface area is 371 Å². The highest BCUT2D eigenvalue weighted by Crippen LogP contribution is 2.55. The molecule has 3 N–H and O–H groups in total. The van der Waals surface area contributed by atoms with Gasteiger partial charge in [-0.2, -0.15) is 0 Å². The first-order chi connectivity index (χ1) is 29.2. The predicted octanol–water partition coefficient (Wildman–Crippen LogP) is 10.6. The molecule has 0 aromatic heterocycles. The highest BCUT2D eigenvalue weighted by Gasteiger charge is 2.73. The molecule has 0 aromatic rings. The zero-order valence-electron chi connectivity index (χ0n) is 37.1. The summed E-state index contributed by atoms with van der Waals surface area (Å²) in [6.45, 7) is 0. The average Bonchev–Trinajstić information content (AvgIpc) is 3.30. The Bertz CT molecular complexity index is 1280. The Morgan fingerprint density at radius 2 is 0.500 bits per heavy atom. The van der Waals surface area contributed by atoms with Crippen molar-refractivity contribution in [3.8, 4) is 0 Å². The fraction of sp³-hybridized carbons (Fsp3) is 1.00. The van der Waals surface area contributed by atoms with Crippen LogP contribution in [0.25, 0.3) is 0 Å². The first kappa shape index (κ1) is 46.2. The Morgan fingerprint density at radius 3 is 0.817 bits per heavy atom. The van der Waals surface area contributed by atoms with Gasteiger partial charge in [0, 0.05) is 27.7 Å². The van der Waals surface area contributed by atoms with Crippen LogP contribution in [0.4, 0.5) is 0 Å². The zero-order valence-corrected chi connectivity index (χ0v) is 44.4. The van der Waals surface area contributed by atoms with Crippen LogP contribution in [0.3, 0.4) is 0 Å². The summed E-state index contributed by atoms with van der Waals surface area (Å²) in [5.74, 6) is 0. The third-order valence-corrected chi connectivity index (χ3v) is 46.1. The lowest BCUT2D eigenvalue weighted by atomic mass is 10.0. The topological polar surface area (TPSA) is 135 Å². The molecule has 10 aliphatic rings. The van der Waals surface area contributed by atoms with Crippen molar-refractivity contribution in [3.05, 3.63) is 0 Å². The zero-order chi connectivity index (χ0) is 41.1. The molecule has 3 heterocycles. The number of hydrogen-bond donors (Lipinski definition) is 3. The van der Waals surface area contributed by atoms with Crippen molar-refractivity contribution in [1.29, 1.82) is 0 Å². The molecule has 60 heavy (non-hydrogen) atoms. The number of fused-ring (bicyclic) bond motifs is 10. The van der Waals surface area contributed by atoms with E-state index in [4.69, 9.17) is 32.9 Å². The standard InChI is InChI=1S/C42H82O11Si7/c43-56(38-26-12-3-13-27-38)46-54(36-22-8-1-9-23-36)47-57(44,39-28-14-4-15-29-39)51-60(42-34-20-7-21-35-42)49-55(37-24-10-2-11-25-37)48-59(50-56,41-32-18-6-19-33-41)52-58(45,53-60)40-30-16-5-17-31-40/h36-45,54-55H,1-35H2. The highest BCUT2D eigenvalue weighted by atomic mass is 28.6. The first-order valence-corrected chi connectivity index (χ1v) is 38.2. The van der Waals surface area contributed by atoms with E-state index in [0.717, 1.165) is 212 Å². The molecule has 0 spiro atoms. The van der Waals surface area contributed by atoms with Gasteiger partial charge in [0.25, 0.3) is 0 Å². The molecule has 0 aromatic carbocycles. The molecule has 344 valence electrons. The minimum Gasteiger partial charge on any atom is -0.396 e. The van der Waals surface area contributed by atoms with E-state index < -0.39 is 62.6 Å². The normalized spacial score (nSPS) is 43.2. The smallest absolute Gasteiger partial charge is 0.396 e. The maximum Gasteiger partial charge on any atom is 0.486 e. The summed E-state index contributed by atoms with van der Waals surface area (Å²) in [7, 11) is -26.5. The van der Waals surface area contributed by atoms with Crippen LogP contribution in [0.1, 0.15) is 225 Å². The van der Waals surface area contributed by atoms with Crippen molar-refractivity contribution < 1.29 is 47.3 Å². The van der Waals surface area contributed by atoms with E-state index in [1.165, 1.54) is 12.8 Å². The second kappa shape index (κ2) is 20.5. The maximum absolute atomic E-state index is 13.9. The lowest BCUT2D eigenvalue weighted by Gasteiger charge is -2.56. The number of rotatable bonds is 7. The lowest BCUT2D eigenvalue weighted by Crippen LogP contribution is -2.77. The summed E-state index contributed by atoms with van der Waals surface area (Å²) in [6, 6.07) is 0. The van der Waals surface area contributed by atoms with Gasteiger partial charge in [0.15, 0.2) is 0 Å². The largest absolute Gasteiger partial charge is 0.486 e. The van der Waals surface area contributed by atoms with E-state index in [2.05, 4.69) is 0 Å². The van der Waals surface area contributed by atoms with Gasteiger partial charge in [-0.25, -0.2) is 0 Å². The average molecular weight is 960 g/mol. The molecule has 4 atom stereocenters. The minimum atomic E-state index is -4.30. The Kier molecular flexibility index (Phi) is 15.8. The fourth-order valence-corrected chi connectivity index (χ4v) is 50.9. The van der Waals surface area contributed by atoms with Crippen molar-refractivity contribution in [1.82, 2.24) is 0 Å². The Hall–Kier alpha value is 1.08. The van der Waals surface area contributed by atoms with Crippen molar-refractivity contribution in [2.24, 2.45) is 0 Å². The summed E-state index contributed by atoms with van der Waals surface area (Å²) in [4.78, 5) is 41.7. The molecule has 18 heteroatoms. The van der Waals surface area contributed by atoms with Crippen LogP contribution in [0.5, 0.6) is 0 Å². The van der Waals surface area contributed by atoms with Crippen molar-refractivity contribution in [3.63, 3.8) is 0 Å². The Morgan fingerprint density at radius 1 is 0.267 bits per heavy atom. The van der Waals surface area contributed by atoms with Crippen LogP contribution in [-0.2, 0) is 32.9 Å². The molecule has 7 aliphatic carbocycles. The SMILES string of the molecule is O[Si]1(C2CCCCC2)O[SiH](C2CCCCC2)O[Si](O)(C2CCCCC2)O[Si]2(C3CCCCC3)O[SiH](C3CCCCC3)O[Si](C3CCCCC3)(O1)O[Si](O)(C1CCCCC1)O2. The molecular weight excluding hydrogens is 877 g/mol. The van der Waals surface area contributed by atoms with Gasteiger partial charge >= 0.3 is 62.6 Å². The molecular formula is C42H82O11Si7. The predicted molar refractivity (Wildman–Crippen MR) is 246 cm³/mol. The summed E-state index contributed by atoms with van der Waals surface area (Å²) in [5, 5.41) is 0. The summed E-state index contributed by atoms with van der Waals surface area (Å²) in [5.41, 5.74) is -0.318. The molecule has 7 saturated carbocycles. The van der Waals surface area contributed by atoms with E-state index in [-0.39, 0.29) is 38.8 Å². The van der Waals surface area contributed by atoms with Crippen molar-refractivity contribution in [2.75, 3.05) is 0 Å². The quantitative estimate of drug-likeness (QED) is 0.211. The molecule has 10 rings (SSSR count). The minimum absolute atomic E-state index is 0.0668. The first-order valence-electron chi connectivity index (χ1n) is 25.9. The second-order valence-electron chi connectivity index (χ2n) is 21.2. The molecule has 11 nitrogen and oxygen atoms in total.